The van der Waals surface area contributed by atoms with Crippen molar-refractivity contribution in [2.45, 2.75) is 12.3 Å². The Labute approximate surface area is 84.4 Å². The number of ether oxygens (including phenoxy) is 1. The lowest BCUT2D eigenvalue weighted by Crippen LogP contribution is -2.38. The van der Waals surface area contributed by atoms with Gasteiger partial charge in [0.05, 0.1) is 6.61 Å². The number of nitrogens with zero attached hydrogens (tertiary/aromatic N) is 1. The fourth-order valence-electron chi connectivity index (χ4n) is 1.42. The van der Waals surface area contributed by atoms with E-state index in [1.54, 1.807) is 12.2 Å². The lowest BCUT2D eigenvalue weighted by molar-refractivity contribution is -0.0644. The van der Waals surface area contributed by atoms with Gasteiger partial charge in [0.15, 0.2) is 6.23 Å². The van der Waals surface area contributed by atoms with Gasteiger partial charge < -0.3 is 9.84 Å². The molecular formula is C9H10N2O4. The Kier molecular flexibility index (Phi) is 2.53. The van der Waals surface area contributed by atoms with Crippen LogP contribution < -0.4 is 11.2 Å². The summed E-state index contributed by atoms with van der Waals surface area (Å²) in [5, 5.41) is 9.55. The van der Waals surface area contributed by atoms with Crippen molar-refractivity contribution in [3.8, 4) is 0 Å². The van der Waals surface area contributed by atoms with Gasteiger partial charge in [0.1, 0.15) is 6.10 Å². The van der Waals surface area contributed by atoms with Crippen molar-refractivity contribution < 1.29 is 9.84 Å². The highest BCUT2D eigenvalue weighted by Gasteiger charge is 2.22. The fraction of sp³-hybridized carbons (Fsp3) is 0.333. The number of hydrogen-bond acceptors (Lipinski definition) is 4. The molecular weight excluding hydrogens is 200 g/mol. The number of aromatic amines is 1. The van der Waals surface area contributed by atoms with Crippen LogP contribution in [0.25, 0.3) is 0 Å². The molecule has 1 aliphatic rings. The maximum atomic E-state index is 11.4. The van der Waals surface area contributed by atoms with Crippen LogP contribution in [0.4, 0.5) is 0 Å². The molecule has 0 spiro atoms. The number of nitrogens with one attached hydrogen (secondary N) is 1. The molecule has 0 fully saturated rings. The summed E-state index contributed by atoms with van der Waals surface area (Å²) < 4.78 is 6.35. The first-order valence-electron chi connectivity index (χ1n) is 4.46. The van der Waals surface area contributed by atoms with Gasteiger partial charge in [-0.1, -0.05) is 12.2 Å². The van der Waals surface area contributed by atoms with E-state index < -0.39 is 23.6 Å². The Morgan fingerprint density at radius 3 is 3.00 bits per heavy atom. The van der Waals surface area contributed by atoms with Crippen molar-refractivity contribution in [3.63, 3.8) is 0 Å². The maximum absolute atomic E-state index is 11.4. The second kappa shape index (κ2) is 3.84. The Hall–Kier alpha value is -1.66. The Morgan fingerprint density at radius 1 is 1.53 bits per heavy atom. The van der Waals surface area contributed by atoms with Crippen LogP contribution in [-0.4, -0.2) is 27.4 Å². The molecule has 0 amide bonds. The van der Waals surface area contributed by atoms with Crippen LogP contribution in [0.1, 0.15) is 6.23 Å². The summed E-state index contributed by atoms with van der Waals surface area (Å²) in [5.41, 5.74) is -1.07. The van der Waals surface area contributed by atoms with E-state index in [2.05, 4.69) is 4.98 Å². The average Bonchev–Trinajstić information content (AvgIpc) is 2.20. The molecule has 80 valence electrons. The molecule has 2 atom stereocenters. The van der Waals surface area contributed by atoms with Crippen LogP contribution in [-0.2, 0) is 4.74 Å². The molecule has 2 rings (SSSR count). The van der Waals surface area contributed by atoms with E-state index >= 15 is 0 Å². The molecule has 1 aromatic rings. The van der Waals surface area contributed by atoms with Crippen LogP contribution in [0.15, 0.2) is 34.0 Å². The molecule has 0 unspecified atom stereocenters. The average molecular weight is 210 g/mol. The molecule has 0 radical (unpaired) electrons. The molecule has 0 aromatic carbocycles. The van der Waals surface area contributed by atoms with Gasteiger partial charge in [-0.25, -0.2) is 4.79 Å². The van der Waals surface area contributed by atoms with Crippen LogP contribution >= 0.6 is 0 Å². The first kappa shape index (κ1) is 9.88. The number of rotatable bonds is 1. The molecule has 0 bridgehead atoms. The third-order valence-electron chi connectivity index (χ3n) is 2.11. The molecule has 0 saturated carbocycles. The first-order valence-corrected chi connectivity index (χ1v) is 4.46. The minimum absolute atomic E-state index is 0.327. The molecule has 1 aromatic heterocycles. The van der Waals surface area contributed by atoms with Gasteiger partial charge in [0, 0.05) is 12.3 Å². The van der Waals surface area contributed by atoms with Crippen LogP contribution in [0.3, 0.4) is 0 Å². The van der Waals surface area contributed by atoms with E-state index in [0.29, 0.717) is 6.61 Å². The molecule has 0 saturated heterocycles. The van der Waals surface area contributed by atoms with Crippen molar-refractivity contribution >= 4 is 0 Å². The van der Waals surface area contributed by atoms with Crippen LogP contribution in [0.2, 0.25) is 0 Å². The highest BCUT2D eigenvalue weighted by Crippen LogP contribution is 2.15. The van der Waals surface area contributed by atoms with Gasteiger partial charge in [-0.3, -0.25) is 14.3 Å². The quantitative estimate of drug-likeness (QED) is 0.581. The second-order valence-corrected chi connectivity index (χ2v) is 3.16. The van der Waals surface area contributed by atoms with E-state index in [9.17, 15) is 14.7 Å². The highest BCUT2D eigenvalue weighted by atomic mass is 16.5. The summed E-state index contributed by atoms with van der Waals surface area (Å²) in [4.78, 5) is 24.3. The third kappa shape index (κ3) is 1.90. The predicted octanol–water partition coefficient (Wildman–Crippen LogP) is -1.02. The predicted molar refractivity (Wildman–Crippen MR) is 51.5 cm³/mol. The molecule has 2 N–H and O–H groups in total. The van der Waals surface area contributed by atoms with E-state index in [1.807, 2.05) is 0 Å². The van der Waals surface area contributed by atoms with Crippen molar-refractivity contribution in [2.75, 3.05) is 6.61 Å². The SMILES string of the molecule is O=c1ccn([C@H]2OCC=C[C@@H]2O)c(=O)[nH]1. The number of hydrogen-bond donors (Lipinski definition) is 2. The van der Waals surface area contributed by atoms with Crippen LogP contribution in [0.5, 0.6) is 0 Å². The summed E-state index contributed by atoms with van der Waals surface area (Å²) >= 11 is 0. The van der Waals surface area contributed by atoms with E-state index in [0.717, 1.165) is 4.57 Å². The number of H-pyrrole nitrogens is 1. The third-order valence-corrected chi connectivity index (χ3v) is 2.11. The van der Waals surface area contributed by atoms with E-state index in [4.69, 9.17) is 4.74 Å². The topological polar surface area (TPSA) is 84.3 Å². The van der Waals surface area contributed by atoms with Crippen molar-refractivity contribution in [1.82, 2.24) is 9.55 Å². The van der Waals surface area contributed by atoms with Crippen molar-refractivity contribution in [2.24, 2.45) is 0 Å². The fourth-order valence-corrected chi connectivity index (χ4v) is 1.42. The normalized spacial score (nSPS) is 25.4. The number of aromatic nitrogens is 2. The molecule has 2 heterocycles. The lowest BCUT2D eigenvalue weighted by Gasteiger charge is -2.25. The summed E-state index contributed by atoms with van der Waals surface area (Å²) in [5.74, 6) is 0. The van der Waals surface area contributed by atoms with Crippen LogP contribution in [0, 0.1) is 0 Å². The van der Waals surface area contributed by atoms with Gasteiger partial charge in [0.25, 0.3) is 5.56 Å². The standard InChI is InChI=1S/C9H10N2O4/c12-6-2-1-5-15-8(6)11-4-3-7(13)10-9(11)14/h1-4,6,8,12H,5H2,(H,10,13,14)/t6-,8-/m0/s1. The first-order chi connectivity index (χ1) is 7.18. The number of aliphatic hydroxyl groups is 1. The number of aliphatic hydroxyl groups excluding tert-OH is 1. The highest BCUT2D eigenvalue weighted by molar-refractivity contribution is 4.97. The van der Waals surface area contributed by atoms with Crippen molar-refractivity contribution in [3.05, 3.63) is 45.3 Å². The van der Waals surface area contributed by atoms with Gasteiger partial charge in [0.2, 0.25) is 0 Å². The zero-order chi connectivity index (χ0) is 10.8. The van der Waals surface area contributed by atoms with E-state index in [-0.39, 0.29) is 0 Å². The zero-order valence-electron chi connectivity index (χ0n) is 7.79. The smallest absolute Gasteiger partial charge is 0.330 e. The van der Waals surface area contributed by atoms with Gasteiger partial charge >= 0.3 is 5.69 Å². The molecule has 15 heavy (non-hydrogen) atoms. The molecule has 0 aliphatic carbocycles. The minimum atomic E-state index is -0.887. The van der Waals surface area contributed by atoms with Crippen molar-refractivity contribution in [1.29, 1.82) is 0 Å². The summed E-state index contributed by atoms with van der Waals surface area (Å²) in [6.07, 6.45) is 2.85. The minimum Gasteiger partial charge on any atom is -0.384 e. The molecule has 1 aliphatic heterocycles. The molecule has 6 nitrogen and oxygen atoms in total. The Bertz CT molecular complexity index is 487. The monoisotopic (exact) mass is 210 g/mol. The summed E-state index contributed by atoms with van der Waals surface area (Å²) in [7, 11) is 0. The Morgan fingerprint density at radius 2 is 2.33 bits per heavy atom. The zero-order valence-corrected chi connectivity index (χ0v) is 7.79. The van der Waals surface area contributed by atoms with E-state index in [1.165, 1.54) is 12.3 Å². The maximum Gasteiger partial charge on any atom is 0.330 e. The second-order valence-electron chi connectivity index (χ2n) is 3.16. The van der Waals surface area contributed by atoms with Gasteiger partial charge in [-0.2, -0.15) is 0 Å². The lowest BCUT2D eigenvalue weighted by atomic mass is 10.2. The van der Waals surface area contributed by atoms with Gasteiger partial charge in [-0.05, 0) is 0 Å². The largest absolute Gasteiger partial charge is 0.384 e. The summed E-state index contributed by atoms with van der Waals surface area (Å²) in [6, 6.07) is 1.20. The molecule has 6 heteroatoms. The van der Waals surface area contributed by atoms with Gasteiger partial charge in [-0.15, -0.1) is 0 Å². The summed E-state index contributed by atoms with van der Waals surface area (Å²) in [6.45, 7) is 0.327. The Balaban J connectivity index is 2.41.